The van der Waals surface area contributed by atoms with E-state index >= 15 is 0 Å². The molecule has 0 spiro atoms. The molecule has 6 nitrogen and oxygen atoms in total. The van der Waals surface area contributed by atoms with Crippen LogP contribution in [0.3, 0.4) is 0 Å². The number of carboxylic acids is 1. The highest BCUT2D eigenvalue weighted by Crippen LogP contribution is 2.25. The van der Waals surface area contributed by atoms with Crippen LogP contribution in [0.15, 0.2) is 12.3 Å². The molecule has 1 aromatic rings. The first-order chi connectivity index (χ1) is 8.58. The van der Waals surface area contributed by atoms with Crippen LogP contribution < -0.4 is 10.5 Å². The monoisotopic (exact) mass is 251 g/mol. The number of aromatic carboxylic acids is 1. The summed E-state index contributed by atoms with van der Waals surface area (Å²) in [7, 11) is 2.06. The number of nitrogens with two attached hydrogens (primary N) is 1. The maximum absolute atomic E-state index is 10.9. The first-order valence-corrected chi connectivity index (χ1v) is 5.91. The zero-order valence-corrected chi connectivity index (χ0v) is 10.3. The lowest BCUT2D eigenvalue weighted by molar-refractivity contribution is 0.0696. The number of hydrogen-bond donors (Lipinski definition) is 2. The largest absolute Gasteiger partial charge is 0.478 e. The highest BCUT2D eigenvalue weighted by Gasteiger charge is 2.21. The van der Waals surface area contributed by atoms with Gasteiger partial charge in [0.25, 0.3) is 0 Å². The van der Waals surface area contributed by atoms with Gasteiger partial charge in [0.1, 0.15) is 11.8 Å². The predicted octanol–water partition coefficient (Wildman–Crippen LogP) is 0.835. The van der Waals surface area contributed by atoms with Gasteiger partial charge in [0.2, 0.25) is 5.88 Å². The number of piperidine rings is 1. The molecule has 2 heterocycles. The summed E-state index contributed by atoms with van der Waals surface area (Å²) in [5.74, 6) is -0.840. The number of nitrogens with zero attached hydrogens (tertiary/aromatic N) is 2. The Balaban J connectivity index is 2.10. The van der Waals surface area contributed by atoms with Crippen molar-refractivity contribution >= 4 is 11.7 Å². The molecule has 6 heteroatoms. The van der Waals surface area contributed by atoms with Crippen molar-refractivity contribution in [1.29, 1.82) is 0 Å². The highest BCUT2D eigenvalue weighted by molar-refractivity contribution is 5.94. The lowest BCUT2D eigenvalue weighted by atomic mass is 10.1. The third-order valence-electron chi connectivity index (χ3n) is 3.13. The van der Waals surface area contributed by atoms with Crippen molar-refractivity contribution in [3.8, 4) is 5.88 Å². The standard InChI is InChI=1S/C12H17N3O3/c1-15-6-3-8(4-7-15)18-11-10(13)9(12(16)17)2-5-14-11/h2,5,8H,3-4,6-7,13H2,1H3,(H,16,17). The number of rotatable bonds is 3. The molecule has 98 valence electrons. The van der Waals surface area contributed by atoms with Gasteiger partial charge in [0.15, 0.2) is 0 Å². The molecule has 0 unspecified atom stereocenters. The second-order valence-electron chi connectivity index (χ2n) is 4.50. The Morgan fingerprint density at radius 2 is 2.22 bits per heavy atom. The minimum Gasteiger partial charge on any atom is -0.478 e. The molecule has 0 aromatic carbocycles. The fraction of sp³-hybridized carbons (Fsp3) is 0.500. The highest BCUT2D eigenvalue weighted by atomic mass is 16.5. The quantitative estimate of drug-likeness (QED) is 0.827. The summed E-state index contributed by atoms with van der Waals surface area (Å²) in [4.78, 5) is 17.2. The van der Waals surface area contributed by atoms with Gasteiger partial charge in [0, 0.05) is 19.3 Å². The maximum Gasteiger partial charge on any atom is 0.338 e. The van der Waals surface area contributed by atoms with Crippen molar-refractivity contribution in [3.63, 3.8) is 0 Å². The van der Waals surface area contributed by atoms with Crippen molar-refractivity contribution in [1.82, 2.24) is 9.88 Å². The van der Waals surface area contributed by atoms with Gasteiger partial charge < -0.3 is 20.5 Å². The maximum atomic E-state index is 10.9. The molecule has 18 heavy (non-hydrogen) atoms. The second kappa shape index (κ2) is 5.22. The fourth-order valence-electron chi connectivity index (χ4n) is 2.00. The summed E-state index contributed by atoms with van der Waals surface area (Å²) in [6.45, 7) is 1.92. The van der Waals surface area contributed by atoms with Gasteiger partial charge in [0.05, 0.1) is 5.56 Å². The molecular formula is C12H17N3O3. The normalized spacial score (nSPS) is 17.6. The number of nitrogen functional groups attached to an aromatic ring is 1. The number of pyridine rings is 1. The SMILES string of the molecule is CN1CCC(Oc2nccc(C(=O)O)c2N)CC1. The van der Waals surface area contributed by atoms with E-state index in [2.05, 4.69) is 16.9 Å². The Morgan fingerprint density at radius 1 is 1.56 bits per heavy atom. The fourth-order valence-corrected chi connectivity index (χ4v) is 2.00. The van der Waals surface area contributed by atoms with Gasteiger partial charge in [-0.2, -0.15) is 0 Å². The minimum absolute atomic E-state index is 0.0351. The molecule has 2 rings (SSSR count). The van der Waals surface area contributed by atoms with Gasteiger partial charge in [-0.3, -0.25) is 0 Å². The summed E-state index contributed by atoms with van der Waals surface area (Å²) < 4.78 is 5.70. The van der Waals surface area contributed by atoms with Crippen molar-refractivity contribution in [2.24, 2.45) is 0 Å². The van der Waals surface area contributed by atoms with E-state index in [0.717, 1.165) is 25.9 Å². The number of carbonyl (C=O) groups is 1. The van der Waals surface area contributed by atoms with Crippen LogP contribution in [-0.2, 0) is 0 Å². The van der Waals surface area contributed by atoms with Crippen LogP contribution in [0, 0.1) is 0 Å². The second-order valence-corrected chi connectivity index (χ2v) is 4.50. The lowest BCUT2D eigenvalue weighted by Gasteiger charge is -2.29. The van der Waals surface area contributed by atoms with Gasteiger partial charge in [-0.25, -0.2) is 9.78 Å². The Labute approximate surface area is 105 Å². The molecule has 0 radical (unpaired) electrons. The molecule has 0 atom stereocenters. The van der Waals surface area contributed by atoms with E-state index in [1.54, 1.807) is 0 Å². The summed E-state index contributed by atoms with van der Waals surface area (Å²) in [6.07, 6.45) is 3.26. The van der Waals surface area contributed by atoms with E-state index in [-0.39, 0.29) is 23.2 Å². The number of likely N-dealkylation sites (tertiary alicyclic amines) is 1. The minimum atomic E-state index is -1.07. The van der Waals surface area contributed by atoms with E-state index in [0.29, 0.717) is 0 Å². The van der Waals surface area contributed by atoms with Crippen LogP contribution in [0.25, 0.3) is 0 Å². The van der Waals surface area contributed by atoms with E-state index in [9.17, 15) is 4.79 Å². The molecule has 1 aliphatic heterocycles. The van der Waals surface area contributed by atoms with Gasteiger partial charge in [-0.1, -0.05) is 0 Å². The van der Waals surface area contributed by atoms with Crippen LogP contribution in [0.2, 0.25) is 0 Å². The zero-order valence-electron chi connectivity index (χ0n) is 10.3. The number of anilines is 1. The Morgan fingerprint density at radius 3 is 2.83 bits per heavy atom. The first-order valence-electron chi connectivity index (χ1n) is 5.91. The zero-order chi connectivity index (χ0) is 13.1. The Bertz CT molecular complexity index is 442. The average Bonchev–Trinajstić information content (AvgIpc) is 2.34. The molecule has 1 aliphatic rings. The van der Waals surface area contributed by atoms with Gasteiger partial charge in [-0.15, -0.1) is 0 Å². The van der Waals surface area contributed by atoms with E-state index < -0.39 is 5.97 Å². The van der Waals surface area contributed by atoms with E-state index in [1.807, 2.05) is 0 Å². The van der Waals surface area contributed by atoms with Gasteiger partial charge in [-0.05, 0) is 26.0 Å². The number of aromatic nitrogens is 1. The molecule has 1 saturated heterocycles. The van der Waals surface area contributed by atoms with Crippen molar-refractivity contribution in [2.75, 3.05) is 25.9 Å². The lowest BCUT2D eigenvalue weighted by Crippen LogP contribution is -2.36. The van der Waals surface area contributed by atoms with Crippen molar-refractivity contribution < 1.29 is 14.6 Å². The average molecular weight is 251 g/mol. The number of carboxylic acid groups (broad SMARTS) is 1. The van der Waals surface area contributed by atoms with Crippen LogP contribution >= 0.6 is 0 Å². The molecule has 0 aliphatic carbocycles. The summed E-state index contributed by atoms with van der Waals surface area (Å²) in [6, 6.07) is 1.37. The van der Waals surface area contributed by atoms with Crippen LogP contribution in [-0.4, -0.2) is 47.2 Å². The molecule has 0 bridgehead atoms. The molecular weight excluding hydrogens is 234 g/mol. The molecule has 0 amide bonds. The first kappa shape index (κ1) is 12.6. The van der Waals surface area contributed by atoms with Crippen LogP contribution in [0.4, 0.5) is 5.69 Å². The van der Waals surface area contributed by atoms with Gasteiger partial charge >= 0.3 is 5.97 Å². The Kier molecular flexibility index (Phi) is 3.66. The Hall–Kier alpha value is -1.82. The van der Waals surface area contributed by atoms with Crippen molar-refractivity contribution in [3.05, 3.63) is 17.8 Å². The summed E-state index contributed by atoms with van der Waals surface area (Å²) in [5, 5.41) is 8.96. The third kappa shape index (κ3) is 2.70. The molecule has 3 N–H and O–H groups in total. The van der Waals surface area contributed by atoms with Crippen LogP contribution in [0.5, 0.6) is 5.88 Å². The molecule has 1 aromatic heterocycles. The topological polar surface area (TPSA) is 88.7 Å². The number of ether oxygens (including phenoxy) is 1. The molecule has 1 fully saturated rings. The predicted molar refractivity (Wildman–Crippen MR) is 66.8 cm³/mol. The molecule has 0 saturated carbocycles. The summed E-state index contributed by atoms with van der Waals surface area (Å²) in [5.41, 5.74) is 5.89. The van der Waals surface area contributed by atoms with E-state index in [1.165, 1.54) is 12.3 Å². The smallest absolute Gasteiger partial charge is 0.338 e. The summed E-state index contributed by atoms with van der Waals surface area (Å²) >= 11 is 0. The number of hydrogen-bond acceptors (Lipinski definition) is 5. The van der Waals surface area contributed by atoms with Crippen LogP contribution in [0.1, 0.15) is 23.2 Å². The van der Waals surface area contributed by atoms with Crippen molar-refractivity contribution in [2.45, 2.75) is 18.9 Å². The third-order valence-corrected chi connectivity index (χ3v) is 3.13. The van der Waals surface area contributed by atoms with E-state index in [4.69, 9.17) is 15.6 Å².